The molecular weight excluding hydrogens is 716 g/mol. The number of quaternary nitrogens is 1. The lowest BCUT2D eigenvalue weighted by molar-refractivity contribution is -1.01. The Balaban J connectivity index is 2.29. The predicted octanol–water partition coefficient (Wildman–Crippen LogP) is 12.1. The molecule has 0 aliphatic heterocycles. The standard InChI is InChI=1S/C38H48BF9NO4/c1-6-11-24-49(25-12-7-2,26-13-8-3)35(9-4,50-10-5)33-27-30(38(46,47)48)18-23-34(33)53-39(51-31-19-14-28(15-20-31)36(40,41)42)52-32-21-16-29(17-22-32)37(43,44)45/h14-23,27H,6-13,24-26H2,1-5H3/q+1. The highest BCUT2D eigenvalue weighted by Gasteiger charge is 2.54. The van der Waals surface area contributed by atoms with Crippen LogP contribution < -0.4 is 14.0 Å². The topological polar surface area (TPSA) is 36.9 Å². The minimum absolute atomic E-state index is 0.0667. The van der Waals surface area contributed by atoms with Gasteiger partial charge in [0.15, 0.2) is 0 Å². The maximum absolute atomic E-state index is 14.5. The van der Waals surface area contributed by atoms with Crippen LogP contribution in [0.1, 0.15) is 102 Å². The molecule has 5 nitrogen and oxygen atoms in total. The zero-order valence-electron chi connectivity index (χ0n) is 30.7. The van der Waals surface area contributed by atoms with Crippen LogP contribution in [0.5, 0.6) is 17.2 Å². The minimum Gasteiger partial charge on any atom is -0.490 e. The Morgan fingerprint density at radius 3 is 1.26 bits per heavy atom. The number of ether oxygens (including phenoxy) is 1. The van der Waals surface area contributed by atoms with Gasteiger partial charge >= 0.3 is 25.9 Å². The highest BCUT2D eigenvalue weighted by atomic mass is 19.4. The van der Waals surface area contributed by atoms with E-state index in [1.807, 2.05) is 27.7 Å². The number of benzene rings is 3. The maximum atomic E-state index is 14.5. The van der Waals surface area contributed by atoms with Crippen LogP contribution in [-0.2, 0) is 29.0 Å². The van der Waals surface area contributed by atoms with Crippen molar-refractivity contribution in [3.05, 3.63) is 89.0 Å². The molecule has 0 aliphatic carbocycles. The van der Waals surface area contributed by atoms with Gasteiger partial charge in [-0.15, -0.1) is 0 Å². The van der Waals surface area contributed by atoms with Crippen molar-refractivity contribution in [3.63, 3.8) is 0 Å². The van der Waals surface area contributed by atoms with Gasteiger partial charge in [-0.1, -0.05) is 47.0 Å². The number of alkyl halides is 9. The van der Waals surface area contributed by atoms with Crippen molar-refractivity contribution in [1.29, 1.82) is 0 Å². The molecule has 0 bridgehead atoms. The Kier molecular flexibility index (Phi) is 15.4. The number of rotatable bonds is 20. The maximum Gasteiger partial charge on any atom is 0.864 e. The Morgan fingerprint density at radius 1 is 0.528 bits per heavy atom. The quantitative estimate of drug-likeness (QED) is 0.0497. The smallest absolute Gasteiger partial charge is 0.490 e. The summed E-state index contributed by atoms with van der Waals surface area (Å²) < 4.78 is 148. The van der Waals surface area contributed by atoms with Crippen molar-refractivity contribution >= 4 is 7.32 Å². The third kappa shape index (κ3) is 11.2. The van der Waals surface area contributed by atoms with E-state index in [9.17, 15) is 39.5 Å². The summed E-state index contributed by atoms with van der Waals surface area (Å²) in [5.74, 6) is -0.466. The largest absolute Gasteiger partial charge is 0.864 e. The molecule has 0 N–H and O–H groups in total. The minimum atomic E-state index is -4.75. The third-order valence-corrected chi connectivity index (χ3v) is 9.23. The van der Waals surface area contributed by atoms with Crippen molar-refractivity contribution in [2.75, 3.05) is 26.2 Å². The molecule has 15 heteroatoms. The molecule has 0 fully saturated rings. The third-order valence-electron chi connectivity index (χ3n) is 9.23. The van der Waals surface area contributed by atoms with Gasteiger partial charge in [0.2, 0.25) is 5.72 Å². The number of hydrogen-bond donors (Lipinski definition) is 0. The van der Waals surface area contributed by atoms with E-state index in [0.717, 1.165) is 105 Å². The fourth-order valence-corrected chi connectivity index (χ4v) is 6.55. The summed E-state index contributed by atoms with van der Waals surface area (Å²) in [5, 5.41) is 0. The first-order valence-electron chi connectivity index (χ1n) is 18.0. The van der Waals surface area contributed by atoms with E-state index in [2.05, 4.69) is 0 Å². The lowest BCUT2D eigenvalue weighted by Gasteiger charge is -2.53. The summed E-state index contributed by atoms with van der Waals surface area (Å²) in [6, 6.07) is 9.98. The molecule has 1 atom stereocenters. The second kappa shape index (κ2) is 18.6. The van der Waals surface area contributed by atoms with Crippen LogP contribution in [0.25, 0.3) is 0 Å². The molecule has 53 heavy (non-hydrogen) atoms. The molecule has 3 rings (SSSR count). The monoisotopic (exact) mass is 764 g/mol. The van der Waals surface area contributed by atoms with Crippen LogP contribution in [0.15, 0.2) is 66.7 Å². The van der Waals surface area contributed by atoms with E-state index in [4.69, 9.17) is 18.7 Å². The number of hydrogen-bond acceptors (Lipinski definition) is 4. The van der Waals surface area contributed by atoms with Crippen LogP contribution >= 0.6 is 0 Å². The molecule has 294 valence electrons. The summed E-state index contributed by atoms with van der Waals surface area (Å²) in [6.07, 6.45) is -9.09. The number of unbranched alkanes of at least 4 members (excludes halogenated alkanes) is 3. The summed E-state index contributed by atoms with van der Waals surface area (Å²) in [4.78, 5) is 0. The molecule has 0 radical (unpaired) electrons. The molecule has 0 saturated carbocycles. The lowest BCUT2D eigenvalue weighted by atomic mass is 9.89. The fraction of sp³-hybridized carbons (Fsp3) is 0.526. The molecule has 3 aromatic carbocycles. The van der Waals surface area contributed by atoms with Gasteiger partial charge in [0.25, 0.3) is 0 Å². The van der Waals surface area contributed by atoms with Gasteiger partial charge in [-0.25, -0.2) is 0 Å². The second-order valence-electron chi connectivity index (χ2n) is 12.8. The van der Waals surface area contributed by atoms with E-state index in [-0.39, 0.29) is 35.8 Å². The van der Waals surface area contributed by atoms with Crippen LogP contribution in [0.3, 0.4) is 0 Å². The van der Waals surface area contributed by atoms with Gasteiger partial charge in [-0.05, 0) is 92.9 Å². The van der Waals surface area contributed by atoms with Gasteiger partial charge in [0.05, 0.1) is 48.5 Å². The summed E-state index contributed by atoms with van der Waals surface area (Å²) in [5.41, 5.74) is -4.21. The highest BCUT2D eigenvalue weighted by molar-refractivity contribution is 6.39. The molecular formula is C38H48BF9NO4+. The molecule has 0 spiro atoms. The molecule has 3 aromatic rings. The van der Waals surface area contributed by atoms with Crippen molar-refractivity contribution in [2.45, 2.75) is 104 Å². The van der Waals surface area contributed by atoms with E-state index in [1.165, 1.54) is 0 Å². The Bertz CT molecular complexity index is 1470. The molecule has 0 aliphatic rings. The normalized spacial score (nSPS) is 13.8. The average Bonchev–Trinajstić information content (AvgIpc) is 3.10. The Morgan fingerprint density at radius 2 is 0.925 bits per heavy atom. The van der Waals surface area contributed by atoms with Crippen LogP contribution in [0.2, 0.25) is 0 Å². The average molecular weight is 765 g/mol. The number of halogens is 9. The predicted molar refractivity (Wildman–Crippen MR) is 185 cm³/mol. The number of nitrogens with zero attached hydrogens (tertiary/aromatic N) is 1. The Labute approximate surface area is 306 Å². The first-order chi connectivity index (χ1) is 24.9. The van der Waals surface area contributed by atoms with Gasteiger partial charge in [0.1, 0.15) is 17.2 Å². The lowest BCUT2D eigenvalue weighted by Crippen LogP contribution is -2.65. The molecule has 0 heterocycles. The fourth-order valence-electron chi connectivity index (χ4n) is 6.55. The first-order valence-corrected chi connectivity index (χ1v) is 18.0. The van der Waals surface area contributed by atoms with Gasteiger partial charge in [-0.2, -0.15) is 39.5 Å². The zero-order valence-corrected chi connectivity index (χ0v) is 30.7. The van der Waals surface area contributed by atoms with Crippen molar-refractivity contribution < 1.29 is 62.7 Å². The molecule has 1 unspecified atom stereocenters. The van der Waals surface area contributed by atoms with E-state index >= 15 is 0 Å². The van der Waals surface area contributed by atoms with Gasteiger partial charge in [0, 0.05) is 6.42 Å². The SMILES string of the molecule is CCCC[N+](CCCC)(CCCC)C(CC)(OCC)c1cc(C(F)(F)F)ccc1OB(Oc1ccc(C(F)(F)F)cc1)Oc1ccc(C(F)(F)F)cc1. The molecule has 0 saturated heterocycles. The van der Waals surface area contributed by atoms with E-state index in [0.29, 0.717) is 24.1 Å². The van der Waals surface area contributed by atoms with Gasteiger partial charge in [-0.3, -0.25) is 4.48 Å². The summed E-state index contributed by atoms with van der Waals surface area (Å²) in [6.45, 7) is 11.6. The highest BCUT2D eigenvalue weighted by Crippen LogP contribution is 2.47. The van der Waals surface area contributed by atoms with Crippen LogP contribution in [0, 0.1) is 0 Å². The van der Waals surface area contributed by atoms with Crippen LogP contribution in [-0.4, -0.2) is 38.0 Å². The van der Waals surface area contributed by atoms with Crippen molar-refractivity contribution in [3.8, 4) is 17.2 Å². The molecule has 0 amide bonds. The van der Waals surface area contributed by atoms with Gasteiger partial charge < -0.3 is 18.7 Å². The Hall–Kier alpha value is -3.59. The first kappa shape index (κ1) is 43.8. The van der Waals surface area contributed by atoms with E-state index in [1.54, 1.807) is 6.92 Å². The summed E-state index contributed by atoms with van der Waals surface area (Å²) >= 11 is 0. The van der Waals surface area contributed by atoms with Crippen molar-refractivity contribution in [1.82, 2.24) is 0 Å². The zero-order chi connectivity index (χ0) is 39.5. The van der Waals surface area contributed by atoms with Crippen molar-refractivity contribution in [2.24, 2.45) is 0 Å². The second-order valence-corrected chi connectivity index (χ2v) is 12.8. The van der Waals surface area contributed by atoms with E-state index < -0.39 is 48.3 Å². The summed E-state index contributed by atoms with van der Waals surface area (Å²) in [7, 11) is -1.89. The van der Waals surface area contributed by atoms with Crippen LogP contribution in [0.4, 0.5) is 39.5 Å². The molecule has 0 aromatic heterocycles.